The molecule has 4 rings (SSSR count). The van der Waals surface area contributed by atoms with Crippen LogP contribution in [0.3, 0.4) is 0 Å². The maximum Gasteiger partial charge on any atom is 0.341 e. The molecule has 2 aliphatic rings. The largest absolute Gasteiger partial charge is 0.482 e. The lowest BCUT2D eigenvalue weighted by molar-refractivity contribution is -0.139. The van der Waals surface area contributed by atoms with Gasteiger partial charge in [0.2, 0.25) is 0 Å². The minimum absolute atomic E-state index is 0.00497. The molecule has 32 heavy (non-hydrogen) atoms. The van der Waals surface area contributed by atoms with Gasteiger partial charge in [0.05, 0.1) is 10.6 Å². The zero-order valence-corrected chi connectivity index (χ0v) is 18.8. The summed E-state index contributed by atoms with van der Waals surface area (Å²) < 4.78 is 5.19. The van der Waals surface area contributed by atoms with Crippen molar-refractivity contribution >= 4 is 40.6 Å². The lowest BCUT2D eigenvalue weighted by atomic mass is 9.85. The number of hydrogen-bond donors (Lipinski definition) is 1. The van der Waals surface area contributed by atoms with Gasteiger partial charge in [-0.15, -0.1) is 0 Å². The Labute approximate surface area is 192 Å². The summed E-state index contributed by atoms with van der Waals surface area (Å²) in [5, 5.41) is 9.47. The molecule has 2 aromatic carbocycles. The number of aliphatic imine (C=N–C) groups is 1. The number of ether oxygens (including phenoxy) is 1. The summed E-state index contributed by atoms with van der Waals surface area (Å²) in [6.45, 7) is 1.84. The number of aliphatic carboxylic acids is 1. The maximum atomic E-state index is 13.5. The molecule has 1 aliphatic heterocycles. The number of hydrogen-bond acceptors (Lipinski definition) is 5. The van der Waals surface area contributed by atoms with Crippen LogP contribution in [-0.4, -0.2) is 39.7 Å². The summed E-state index contributed by atoms with van der Waals surface area (Å²) in [6.07, 6.45) is 6.30. The van der Waals surface area contributed by atoms with Gasteiger partial charge in [-0.2, -0.15) is 0 Å². The molecule has 1 N–H and O–H groups in total. The molecule has 2 fully saturated rings. The number of para-hydroxylation sites is 1. The van der Waals surface area contributed by atoms with Crippen molar-refractivity contribution in [3.8, 4) is 5.75 Å². The Morgan fingerprint density at radius 1 is 1.16 bits per heavy atom. The number of carbonyl (C=O) groups is 2. The SMILES string of the molecule is C[C@H]1CCCC[C@@H]1N1C(=O)/C(=C/c2ccc(OCC(=O)O)cc2)SC1=Nc1ccccc1. The van der Waals surface area contributed by atoms with Crippen LogP contribution in [0.25, 0.3) is 6.08 Å². The molecule has 1 heterocycles. The molecule has 166 valence electrons. The van der Waals surface area contributed by atoms with Gasteiger partial charge in [-0.3, -0.25) is 9.69 Å². The first-order valence-electron chi connectivity index (χ1n) is 10.8. The van der Waals surface area contributed by atoms with Crippen LogP contribution >= 0.6 is 11.8 Å². The molecule has 7 heteroatoms. The molecule has 0 bridgehead atoms. The summed E-state index contributed by atoms with van der Waals surface area (Å²) in [5.41, 5.74) is 1.68. The van der Waals surface area contributed by atoms with Crippen molar-refractivity contribution in [3.63, 3.8) is 0 Å². The Bertz CT molecular complexity index is 1030. The molecular formula is C25H26N2O4S. The number of nitrogens with zero attached hydrogens (tertiary/aromatic N) is 2. The van der Waals surface area contributed by atoms with E-state index in [2.05, 4.69) is 6.92 Å². The quantitative estimate of drug-likeness (QED) is 0.602. The van der Waals surface area contributed by atoms with E-state index in [1.54, 1.807) is 12.1 Å². The zero-order valence-electron chi connectivity index (χ0n) is 17.9. The molecular weight excluding hydrogens is 424 g/mol. The first kappa shape index (κ1) is 22.1. The number of amidine groups is 1. The van der Waals surface area contributed by atoms with Gasteiger partial charge in [-0.05, 0) is 66.4 Å². The van der Waals surface area contributed by atoms with E-state index in [9.17, 15) is 9.59 Å². The minimum atomic E-state index is -1.02. The highest BCUT2D eigenvalue weighted by molar-refractivity contribution is 8.18. The summed E-state index contributed by atoms with van der Waals surface area (Å²) in [4.78, 5) is 31.5. The van der Waals surface area contributed by atoms with Gasteiger partial charge in [-0.1, -0.05) is 50.1 Å². The highest BCUT2D eigenvalue weighted by Gasteiger charge is 2.41. The van der Waals surface area contributed by atoms with Gasteiger partial charge >= 0.3 is 5.97 Å². The number of carbonyl (C=O) groups excluding carboxylic acids is 1. The van der Waals surface area contributed by atoms with Crippen LogP contribution in [0, 0.1) is 5.92 Å². The van der Waals surface area contributed by atoms with Crippen LogP contribution < -0.4 is 4.74 Å². The van der Waals surface area contributed by atoms with Crippen molar-refractivity contribution in [2.45, 2.75) is 38.6 Å². The van der Waals surface area contributed by atoms with Crippen LogP contribution in [0.2, 0.25) is 0 Å². The van der Waals surface area contributed by atoms with Crippen LogP contribution in [0.4, 0.5) is 5.69 Å². The Hall–Kier alpha value is -3.06. The third kappa shape index (κ3) is 5.22. The summed E-state index contributed by atoms with van der Waals surface area (Å²) >= 11 is 1.41. The number of thioether (sulfide) groups is 1. The first-order chi connectivity index (χ1) is 15.5. The Balaban J connectivity index is 1.61. The standard InChI is InChI=1S/C25H26N2O4S/c1-17-7-5-6-10-21(17)27-24(30)22(32-25(27)26-19-8-3-2-4-9-19)15-18-11-13-20(14-12-18)31-16-23(28)29/h2-4,8-9,11-15,17,21H,5-7,10,16H2,1H3,(H,28,29)/b22-15-,26-25?/t17-,21-/m0/s1. The highest BCUT2D eigenvalue weighted by atomic mass is 32.2. The summed E-state index contributed by atoms with van der Waals surface area (Å²) in [7, 11) is 0. The second-order valence-corrected chi connectivity index (χ2v) is 9.11. The van der Waals surface area contributed by atoms with Gasteiger partial charge in [-0.25, -0.2) is 9.79 Å². The molecule has 1 saturated carbocycles. The van der Waals surface area contributed by atoms with E-state index in [0.29, 0.717) is 16.6 Å². The van der Waals surface area contributed by atoms with Crippen LogP contribution in [-0.2, 0) is 9.59 Å². The van der Waals surface area contributed by atoms with E-state index in [1.165, 1.54) is 18.2 Å². The average molecular weight is 451 g/mol. The van der Waals surface area contributed by atoms with E-state index in [1.807, 2.05) is 53.4 Å². The number of amides is 1. The fourth-order valence-electron chi connectivity index (χ4n) is 4.11. The number of carboxylic acids is 1. The van der Waals surface area contributed by atoms with Crippen molar-refractivity contribution in [1.82, 2.24) is 4.90 Å². The second kappa shape index (κ2) is 10.0. The van der Waals surface area contributed by atoms with Gasteiger partial charge < -0.3 is 9.84 Å². The highest BCUT2D eigenvalue weighted by Crippen LogP contribution is 2.40. The Kier molecular flexibility index (Phi) is 6.95. The third-order valence-corrected chi connectivity index (χ3v) is 6.74. The molecule has 0 radical (unpaired) electrons. The Morgan fingerprint density at radius 3 is 2.56 bits per heavy atom. The Morgan fingerprint density at radius 2 is 1.88 bits per heavy atom. The molecule has 0 spiro atoms. The third-order valence-electron chi connectivity index (χ3n) is 5.76. The van der Waals surface area contributed by atoms with Crippen molar-refractivity contribution in [1.29, 1.82) is 0 Å². The molecule has 1 aliphatic carbocycles. The van der Waals surface area contributed by atoms with Crippen LogP contribution in [0.15, 0.2) is 64.5 Å². The van der Waals surface area contributed by atoms with E-state index in [-0.39, 0.29) is 18.6 Å². The lowest BCUT2D eigenvalue weighted by Crippen LogP contribution is -2.44. The molecule has 0 unspecified atom stereocenters. The van der Waals surface area contributed by atoms with Crippen molar-refractivity contribution in [2.75, 3.05) is 6.61 Å². The number of carboxylic acid groups (broad SMARTS) is 1. The van der Waals surface area contributed by atoms with Crippen molar-refractivity contribution in [3.05, 3.63) is 65.1 Å². The first-order valence-corrected chi connectivity index (χ1v) is 11.6. The molecule has 1 saturated heterocycles. The van der Waals surface area contributed by atoms with Gasteiger partial charge in [0.1, 0.15) is 5.75 Å². The predicted octanol–water partition coefficient (Wildman–Crippen LogP) is 5.33. The minimum Gasteiger partial charge on any atom is -0.482 e. The molecule has 0 aromatic heterocycles. The van der Waals surface area contributed by atoms with Crippen molar-refractivity contribution in [2.24, 2.45) is 10.9 Å². The van der Waals surface area contributed by atoms with Crippen LogP contribution in [0.5, 0.6) is 5.75 Å². The topological polar surface area (TPSA) is 79.2 Å². The monoisotopic (exact) mass is 450 g/mol. The normalized spacial score (nSPS) is 23.7. The average Bonchev–Trinajstić information content (AvgIpc) is 3.08. The smallest absolute Gasteiger partial charge is 0.341 e. The fourth-order valence-corrected chi connectivity index (χ4v) is 5.15. The van der Waals surface area contributed by atoms with Gasteiger partial charge in [0.15, 0.2) is 11.8 Å². The summed E-state index contributed by atoms with van der Waals surface area (Å²) in [5.74, 6) is -0.121. The van der Waals surface area contributed by atoms with E-state index >= 15 is 0 Å². The van der Waals surface area contributed by atoms with E-state index in [0.717, 1.165) is 35.7 Å². The molecule has 1 amide bonds. The maximum absolute atomic E-state index is 13.5. The molecule has 2 atom stereocenters. The van der Waals surface area contributed by atoms with E-state index in [4.69, 9.17) is 14.8 Å². The number of benzene rings is 2. The van der Waals surface area contributed by atoms with Gasteiger partial charge in [0, 0.05) is 6.04 Å². The number of rotatable bonds is 6. The molecule has 6 nitrogen and oxygen atoms in total. The van der Waals surface area contributed by atoms with Crippen molar-refractivity contribution < 1.29 is 19.4 Å². The molecule has 2 aromatic rings. The van der Waals surface area contributed by atoms with Gasteiger partial charge in [0.25, 0.3) is 5.91 Å². The second-order valence-electron chi connectivity index (χ2n) is 8.10. The van der Waals surface area contributed by atoms with Crippen LogP contribution in [0.1, 0.15) is 38.2 Å². The summed E-state index contributed by atoms with van der Waals surface area (Å²) in [6, 6.07) is 16.9. The fraction of sp³-hybridized carbons (Fsp3) is 0.320. The zero-order chi connectivity index (χ0) is 22.5. The lowest BCUT2D eigenvalue weighted by Gasteiger charge is -2.35. The predicted molar refractivity (Wildman–Crippen MR) is 127 cm³/mol. The van der Waals surface area contributed by atoms with E-state index < -0.39 is 5.97 Å².